The lowest BCUT2D eigenvalue weighted by molar-refractivity contribution is 0.384. The minimum Gasteiger partial charge on any atom is -0.501 e. The van der Waals surface area contributed by atoms with Gasteiger partial charge < -0.3 is 21.7 Å². The van der Waals surface area contributed by atoms with E-state index in [1.807, 2.05) is 0 Å². The molecule has 0 spiro atoms. The van der Waals surface area contributed by atoms with Crippen LogP contribution < -0.4 is 22.3 Å². The maximum atomic E-state index is 9.95. The third kappa shape index (κ3) is 2.20. The van der Waals surface area contributed by atoms with Gasteiger partial charge in [0.1, 0.15) is 0 Å². The summed E-state index contributed by atoms with van der Waals surface area (Å²) < 4.78 is 0. The standard InChI is InChI=1S/C4H2O4.CH4N2S/c5-1-2(6)4(8)3(1)7;2-1(3)4/h5-6H;(H4,2,3,4). The van der Waals surface area contributed by atoms with E-state index in [1.54, 1.807) is 0 Å². The molecular weight excluding hydrogens is 184 g/mol. The SMILES string of the molecule is NC(N)=S.O=c1c(O)c(O)c1=O. The highest BCUT2D eigenvalue weighted by Gasteiger charge is 2.17. The zero-order valence-corrected chi connectivity index (χ0v) is 6.59. The molecule has 0 bridgehead atoms. The van der Waals surface area contributed by atoms with E-state index in [0.29, 0.717) is 0 Å². The van der Waals surface area contributed by atoms with E-state index >= 15 is 0 Å². The van der Waals surface area contributed by atoms with E-state index in [9.17, 15) is 9.59 Å². The van der Waals surface area contributed by atoms with Gasteiger partial charge in [0.15, 0.2) is 5.11 Å². The smallest absolute Gasteiger partial charge is 0.275 e. The largest absolute Gasteiger partial charge is 0.501 e. The van der Waals surface area contributed by atoms with Crippen LogP contribution in [-0.2, 0) is 0 Å². The van der Waals surface area contributed by atoms with E-state index in [-0.39, 0.29) is 5.11 Å². The lowest BCUT2D eigenvalue weighted by Crippen LogP contribution is -2.28. The van der Waals surface area contributed by atoms with E-state index in [4.69, 9.17) is 10.2 Å². The highest BCUT2D eigenvalue weighted by molar-refractivity contribution is 7.80. The van der Waals surface area contributed by atoms with Gasteiger partial charge in [0.2, 0.25) is 11.5 Å². The maximum Gasteiger partial charge on any atom is 0.275 e. The monoisotopic (exact) mass is 190 g/mol. The topological polar surface area (TPSA) is 127 Å². The Morgan fingerprint density at radius 3 is 1.33 bits per heavy atom. The molecule has 1 aromatic carbocycles. The predicted octanol–water partition coefficient (Wildman–Crippen LogP) is -2.12. The molecule has 0 unspecified atom stereocenters. The van der Waals surface area contributed by atoms with Crippen LogP contribution >= 0.6 is 12.2 Å². The normalized spacial score (nSPS) is 8.67. The highest BCUT2D eigenvalue weighted by atomic mass is 32.1. The van der Waals surface area contributed by atoms with Crippen molar-refractivity contribution in [3.8, 4) is 11.5 Å². The highest BCUT2D eigenvalue weighted by Crippen LogP contribution is 2.13. The van der Waals surface area contributed by atoms with Crippen molar-refractivity contribution in [3.05, 3.63) is 20.4 Å². The number of aromatic hydroxyl groups is 2. The average molecular weight is 190 g/mol. The van der Waals surface area contributed by atoms with E-state index < -0.39 is 22.4 Å². The molecule has 6 nitrogen and oxygen atoms in total. The third-order valence-corrected chi connectivity index (χ3v) is 0.861. The molecule has 12 heavy (non-hydrogen) atoms. The summed E-state index contributed by atoms with van der Waals surface area (Å²) in [6.07, 6.45) is 0. The first-order valence-corrected chi connectivity index (χ1v) is 3.05. The van der Waals surface area contributed by atoms with Crippen molar-refractivity contribution in [2.45, 2.75) is 0 Å². The van der Waals surface area contributed by atoms with Crippen molar-refractivity contribution in [1.82, 2.24) is 0 Å². The van der Waals surface area contributed by atoms with E-state index in [2.05, 4.69) is 23.7 Å². The zero-order valence-electron chi connectivity index (χ0n) is 5.77. The van der Waals surface area contributed by atoms with Crippen molar-refractivity contribution in [2.75, 3.05) is 0 Å². The van der Waals surface area contributed by atoms with Crippen molar-refractivity contribution in [3.63, 3.8) is 0 Å². The molecule has 0 saturated heterocycles. The molecule has 7 heteroatoms. The molecule has 0 aliphatic heterocycles. The van der Waals surface area contributed by atoms with Crippen LogP contribution in [0.1, 0.15) is 0 Å². The van der Waals surface area contributed by atoms with Crippen LogP contribution in [0.15, 0.2) is 9.59 Å². The summed E-state index contributed by atoms with van der Waals surface area (Å²) in [5.74, 6) is -1.65. The third-order valence-electron chi connectivity index (χ3n) is 0.861. The summed E-state index contributed by atoms with van der Waals surface area (Å²) in [4.78, 5) is 19.9. The molecule has 0 aliphatic carbocycles. The maximum absolute atomic E-state index is 9.95. The zero-order chi connectivity index (χ0) is 9.89. The Morgan fingerprint density at radius 2 is 1.25 bits per heavy atom. The Kier molecular flexibility index (Phi) is 3.17. The fourth-order valence-corrected chi connectivity index (χ4v) is 0.368. The van der Waals surface area contributed by atoms with Gasteiger partial charge in [0, 0.05) is 0 Å². The predicted molar refractivity (Wildman–Crippen MR) is 45.7 cm³/mol. The molecule has 0 aliphatic rings. The lowest BCUT2D eigenvalue weighted by Gasteiger charge is -1.92. The Labute approximate surface area is 71.7 Å². The van der Waals surface area contributed by atoms with Gasteiger partial charge in [-0.25, -0.2) is 0 Å². The number of thiocarbonyl (C=S) groups is 1. The van der Waals surface area contributed by atoms with Crippen LogP contribution in [0.3, 0.4) is 0 Å². The fraction of sp³-hybridized carbons (Fsp3) is 0. The molecular formula is C5H6N2O4S. The van der Waals surface area contributed by atoms with Crippen molar-refractivity contribution in [2.24, 2.45) is 11.5 Å². The number of rotatable bonds is 0. The lowest BCUT2D eigenvalue weighted by atomic mass is 10.2. The average Bonchev–Trinajstić information content (AvgIpc) is 2.00. The van der Waals surface area contributed by atoms with Gasteiger partial charge in [-0.05, 0) is 12.2 Å². The summed E-state index contributed by atoms with van der Waals surface area (Å²) in [6.45, 7) is 0. The second kappa shape index (κ2) is 3.67. The van der Waals surface area contributed by atoms with Gasteiger partial charge in [-0.3, -0.25) is 9.59 Å². The molecule has 0 atom stereocenters. The van der Waals surface area contributed by atoms with Crippen molar-refractivity contribution < 1.29 is 10.2 Å². The van der Waals surface area contributed by atoms with Crippen LogP contribution in [-0.4, -0.2) is 15.3 Å². The summed E-state index contributed by atoms with van der Waals surface area (Å²) in [5.41, 5.74) is 7.22. The second-order valence-electron chi connectivity index (χ2n) is 1.76. The van der Waals surface area contributed by atoms with Crippen LogP contribution in [0.4, 0.5) is 0 Å². The van der Waals surface area contributed by atoms with Gasteiger partial charge in [0.25, 0.3) is 10.9 Å². The first-order valence-electron chi connectivity index (χ1n) is 2.64. The van der Waals surface area contributed by atoms with Crippen LogP contribution in [0.2, 0.25) is 0 Å². The minimum atomic E-state index is -1.01. The Balaban J connectivity index is 0.000000261. The van der Waals surface area contributed by atoms with Gasteiger partial charge in [-0.1, -0.05) is 0 Å². The fourth-order valence-electron chi connectivity index (χ4n) is 0.368. The number of hydrogen-bond donors (Lipinski definition) is 4. The van der Waals surface area contributed by atoms with Gasteiger partial charge in [-0.15, -0.1) is 0 Å². The van der Waals surface area contributed by atoms with Crippen molar-refractivity contribution in [1.29, 1.82) is 0 Å². The van der Waals surface area contributed by atoms with Gasteiger partial charge in [-0.2, -0.15) is 0 Å². The Morgan fingerprint density at radius 1 is 1.08 bits per heavy atom. The minimum absolute atomic E-state index is 0.000000000000000222. The summed E-state index contributed by atoms with van der Waals surface area (Å²) in [5, 5.41) is 16.4. The molecule has 0 fully saturated rings. The molecule has 0 radical (unpaired) electrons. The Hall–Kier alpha value is -1.63. The molecule has 0 aromatic heterocycles. The quantitative estimate of drug-likeness (QED) is 0.272. The van der Waals surface area contributed by atoms with Gasteiger partial charge >= 0.3 is 0 Å². The van der Waals surface area contributed by atoms with Crippen LogP contribution in [0.25, 0.3) is 0 Å². The summed E-state index contributed by atoms with van der Waals surface area (Å²) in [7, 11) is 0. The first kappa shape index (κ1) is 10.4. The van der Waals surface area contributed by atoms with Crippen LogP contribution in [0.5, 0.6) is 11.5 Å². The number of hydrogen-bond acceptors (Lipinski definition) is 5. The molecule has 1 rings (SSSR count). The Bertz CT molecular complexity index is 332. The molecule has 66 valence electrons. The summed E-state index contributed by atoms with van der Waals surface area (Å²) >= 11 is 4.09. The van der Waals surface area contributed by atoms with Crippen LogP contribution in [0, 0.1) is 0 Å². The molecule has 6 N–H and O–H groups in total. The van der Waals surface area contributed by atoms with Crippen molar-refractivity contribution >= 4 is 17.3 Å². The molecule has 0 amide bonds. The molecule has 1 aromatic rings. The molecule has 0 heterocycles. The first-order chi connectivity index (χ1) is 5.37. The van der Waals surface area contributed by atoms with E-state index in [1.165, 1.54) is 0 Å². The number of nitrogens with two attached hydrogens (primary N) is 2. The second-order valence-corrected chi connectivity index (χ2v) is 2.23. The van der Waals surface area contributed by atoms with Gasteiger partial charge in [0.05, 0.1) is 0 Å². The summed E-state index contributed by atoms with van der Waals surface area (Å²) in [6, 6.07) is 0. The van der Waals surface area contributed by atoms with E-state index in [0.717, 1.165) is 0 Å². The molecule has 0 saturated carbocycles.